The van der Waals surface area contributed by atoms with Gasteiger partial charge in [-0.1, -0.05) is 6.92 Å². The maximum absolute atomic E-state index is 6.08. The van der Waals surface area contributed by atoms with Crippen molar-refractivity contribution >= 4 is 5.82 Å². The highest BCUT2D eigenvalue weighted by molar-refractivity contribution is 5.47. The van der Waals surface area contributed by atoms with Gasteiger partial charge in [0.15, 0.2) is 0 Å². The monoisotopic (exact) mass is 250 g/mol. The summed E-state index contributed by atoms with van der Waals surface area (Å²) in [6, 6.07) is 2.17. The van der Waals surface area contributed by atoms with Crippen molar-refractivity contribution in [3.05, 3.63) is 23.4 Å². The van der Waals surface area contributed by atoms with Crippen LogP contribution in [0.3, 0.4) is 0 Å². The molecule has 0 aliphatic heterocycles. The zero-order valence-electron chi connectivity index (χ0n) is 12.4. The number of pyridine rings is 1. The fraction of sp³-hybridized carbons (Fsp3) is 0.643. The molecule has 0 saturated carbocycles. The number of aromatic nitrogens is 1. The molecule has 3 N–H and O–H groups in total. The first kappa shape index (κ1) is 14.9. The molecule has 102 valence electrons. The Morgan fingerprint density at radius 2 is 2.06 bits per heavy atom. The van der Waals surface area contributed by atoms with Crippen LogP contribution in [0.2, 0.25) is 0 Å². The number of nitrogen functional groups attached to an aromatic ring is 1. The van der Waals surface area contributed by atoms with Gasteiger partial charge in [0.1, 0.15) is 5.82 Å². The van der Waals surface area contributed by atoms with E-state index in [4.69, 9.17) is 5.73 Å². The average molecular weight is 250 g/mol. The smallest absolute Gasteiger partial charge is 0.128 e. The first-order valence-electron chi connectivity index (χ1n) is 6.44. The third-order valence-corrected chi connectivity index (χ3v) is 3.79. The number of hydrogen-bond acceptors (Lipinski definition) is 4. The van der Waals surface area contributed by atoms with E-state index in [1.54, 1.807) is 6.20 Å². The van der Waals surface area contributed by atoms with Crippen molar-refractivity contribution in [1.82, 2.24) is 15.2 Å². The van der Waals surface area contributed by atoms with E-state index in [2.05, 4.69) is 57.0 Å². The highest BCUT2D eigenvalue weighted by Crippen LogP contribution is 2.33. The summed E-state index contributed by atoms with van der Waals surface area (Å²) in [5.41, 5.74) is 8.33. The van der Waals surface area contributed by atoms with Crippen molar-refractivity contribution in [3.63, 3.8) is 0 Å². The summed E-state index contributed by atoms with van der Waals surface area (Å²) in [5.74, 6) is 0.621. The van der Waals surface area contributed by atoms with Crippen LogP contribution in [0.1, 0.15) is 37.9 Å². The van der Waals surface area contributed by atoms with E-state index < -0.39 is 0 Å². The van der Waals surface area contributed by atoms with Gasteiger partial charge < -0.3 is 16.0 Å². The lowest BCUT2D eigenvalue weighted by Gasteiger charge is -2.41. The Morgan fingerprint density at radius 3 is 2.50 bits per heavy atom. The molecule has 1 aromatic rings. The number of anilines is 1. The van der Waals surface area contributed by atoms with Gasteiger partial charge in [0.05, 0.1) is 6.04 Å². The summed E-state index contributed by atoms with van der Waals surface area (Å²) in [6.45, 7) is 9.53. The van der Waals surface area contributed by atoms with Crippen LogP contribution in [-0.4, -0.2) is 36.1 Å². The van der Waals surface area contributed by atoms with Crippen molar-refractivity contribution < 1.29 is 0 Å². The van der Waals surface area contributed by atoms with Crippen LogP contribution >= 0.6 is 0 Å². The fourth-order valence-corrected chi connectivity index (χ4v) is 2.13. The van der Waals surface area contributed by atoms with Crippen LogP contribution in [0.25, 0.3) is 0 Å². The summed E-state index contributed by atoms with van der Waals surface area (Å²) in [7, 11) is 4.18. The number of nitrogens with two attached hydrogens (primary N) is 1. The molecule has 1 heterocycles. The highest BCUT2D eigenvalue weighted by atomic mass is 15.2. The van der Waals surface area contributed by atoms with E-state index in [1.807, 2.05) is 6.07 Å². The molecule has 1 unspecified atom stereocenters. The number of nitrogens with zero attached hydrogens (tertiary/aromatic N) is 2. The molecule has 1 atom stereocenters. The molecule has 4 nitrogen and oxygen atoms in total. The van der Waals surface area contributed by atoms with Gasteiger partial charge in [0, 0.05) is 17.3 Å². The van der Waals surface area contributed by atoms with Gasteiger partial charge >= 0.3 is 0 Å². The van der Waals surface area contributed by atoms with Crippen molar-refractivity contribution in [2.75, 3.05) is 26.4 Å². The van der Waals surface area contributed by atoms with Crippen LogP contribution in [0.15, 0.2) is 12.3 Å². The third kappa shape index (κ3) is 2.82. The SMILES string of the molecule is CCNC(c1c(C)ccnc1N)C(C)(C)N(C)C. The molecule has 1 aromatic heterocycles. The van der Waals surface area contributed by atoms with E-state index in [0.717, 1.165) is 12.1 Å². The lowest BCUT2D eigenvalue weighted by molar-refractivity contribution is 0.139. The standard InChI is InChI=1S/C14H26N4/c1-7-16-12(14(3,4)18(5)6)11-10(2)8-9-17-13(11)15/h8-9,12,16H,7H2,1-6H3,(H2,15,17). The molecule has 0 bridgehead atoms. The summed E-state index contributed by atoms with van der Waals surface area (Å²) in [5, 5.41) is 3.54. The summed E-state index contributed by atoms with van der Waals surface area (Å²) in [4.78, 5) is 6.45. The van der Waals surface area contributed by atoms with Crippen LogP contribution < -0.4 is 11.1 Å². The molecule has 0 aliphatic rings. The topological polar surface area (TPSA) is 54.2 Å². The van der Waals surface area contributed by atoms with Crippen molar-refractivity contribution in [2.24, 2.45) is 0 Å². The minimum absolute atomic E-state index is 0.0437. The minimum atomic E-state index is -0.0437. The van der Waals surface area contributed by atoms with Gasteiger partial charge in [0.2, 0.25) is 0 Å². The maximum atomic E-state index is 6.08. The van der Waals surface area contributed by atoms with Gasteiger partial charge in [-0.05, 0) is 53.0 Å². The third-order valence-electron chi connectivity index (χ3n) is 3.79. The Bertz CT molecular complexity index is 379. The highest BCUT2D eigenvalue weighted by Gasteiger charge is 2.34. The normalized spacial score (nSPS) is 13.9. The Kier molecular flexibility index (Phi) is 4.71. The zero-order chi connectivity index (χ0) is 13.9. The number of hydrogen-bond donors (Lipinski definition) is 2. The quantitative estimate of drug-likeness (QED) is 0.839. The Hall–Kier alpha value is -1.13. The molecule has 0 fully saturated rings. The van der Waals surface area contributed by atoms with Crippen LogP contribution in [0.4, 0.5) is 5.82 Å². The summed E-state index contributed by atoms with van der Waals surface area (Å²) < 4.78 is 0. The Balaban J connectivity index is 3.28. The minimum Gasteiger partial charge on any atom is -0.383 e. The molecule has 0 radical (unpaired) electrons. The fourth-order valence-electron chi connectivity index (χ4n) is 2.13. The molecule has 1 rings (SSSR count). The van der Waals surface area contributed by atoms with Crippen molar-refractivity contribution in [2.45, 2.75) is 39.3 Å². The number of nitrogens with one attached hydrogen (secondary N) is 1. The van der Waals surface area contributed by atoms with Gasteiger partial charge in [-0.2, -0.15) is 0 Å². The molecular weight excluding hydrogens is 224 g/mol. The van der Waals surface area contributed by atoms with Crippen molar-refractivity contribution in [1.29, 1.82) is 0 Å². The largest absolute Gasteiger partial charge is 0.383 e. The lowest BCUT2D eigenvalue weighted by atomic mass is 9.85. The van der Waals surface area contributed by atoms with Gasteiger partial charge in [-0.15, -0.1) is 0 Å². The number of aryl methyl sites for hydroxylation is 1. The van der Waals surface area contributed by atoms with E-state index in [-0.39, 0.29) is 11.6 Å². The first-order valence-corrected chi connectivity index (χ1v) is 6.44. The summed E-state index contributed by atoms with van der Waals surface area (Å²) in [6.07, 6.45) is 1.76. The Morgan fingerprint density at radius 1 is 1.44 bits per heavy atom. The molecule has 0 spiro atoms. The van der Waals surface area contributed by atoms with E-state index in [9.17, 15) is 0 Å². The second-order valence-corrected chi connectivity index (χ2v) is 5.47. The predicted molar refractivity (Wildman–Crippen MR) is 77.6 cm³/mol. The Labute approximate surface area is 111 Å². The van der Waals surface area contributed by atoms with Gasteiger partial charge in [-0.3, -0.25) is 0 Å². The first-order chi connectivity index (χ1) is 8.32. The van der Waals surface area contributed by atoms with E-state index >= 15 is 0 Å². The van der Waals surface area contributed by atoms with Crippen LogP contribution in [0.5, 0.6) is 0 Å². The maximum Gasteiger partial charge on any atom is 0.128 e. The van der Waals surface area contributed by atoms with Gasteiger partial charge in [-0.25, -0.2) is 4.98 Å². The molecular formula is C14H26N4. The molecule has 18 heavy (non-hydrogen) atoms. The van der Waals surface area contributed by atoms with Gasteiger partial charge in [0.25, 0.3) is 0 Å². The number of rotatable bonds is 5. The molecule has 0 amide bonds. The molecule has 4 heteroatoms. The molecule has 0 aliphatic carbocycles. The average Bonchev–Trinajstić information content (AvgIpc) is 2.27. The predicted octanol–water partition coefficient (Wildman–Crippen LogP) is 1.96. The van der Waals surface area contributed by atoms with E-state index in [1.165, 1.54) is 5.56 Å². The zero-order valence-corrected chi connectivity index (χ0v) is 12.4. The second kappa shape index (κ2) is 5.67. The molecule has 0 saturated heterocycles. The number of likely N-dealkylation sites (N-methyl/N-ethyl adjacent to an activating group) is 2. The lowest BCUT2D eigenvalue weighted by Crippen LogP contribution is -2.49. The van der Waals surface area contributed by atoms with E-state index in [0.29, 0.717) is 5.82 Å². The molecule has 0 aromatic carbocycles. The second-order valence-electron chi connectivity index (χ2n) is 5.47. The summed E-state index contributed by atoms with van der Waals surface area (Å²) >= 11 is 0. The van der Waals surface area contributed by atoms with Crippen LogP contribution in [-0.2, 0) is 0 Å². The van der Waals surface area contributed by atoms with Crippen LogP contribution in [0, 0.1) is 6.92 Å². The van der Waals surface area contributed by atoms with Crippen molar-refractivity contribution in [3.8, 4) is 0 Å².